The number of hydrogen-bond acceptors (Lipinski definition) is 4. The van der Waals surface area contributed by atoms with Crippen molar-refractivity contribution in [1.82, 2.24) is 4.90 Å². The maximum Gasteiger partial charge on any atom is 0.227 e. The van der Waals surface area contributed by atoms with Gasteiger partial charge in [0.05, 0.1) is 19.4 Å². The molecule has 22 heavy (non-hydrogen) atoms. The number of carbonyl (C=O) groups excluding carboxylic acids is 1. The van der Waals surface area contributed by atoms with Crippen LogP contribution in [0.25, 0.3) is 0 Å². The average molecular weight is 307 g/mol. The van der Waals surface area contributed by atoms with Gasteiger partial charge < -0.3 is 10.5 Å². The van der Waals surface area contributed by atoms with E-state index in [1.807, 2.05) is 39.8 Å². The van der Waals surface area contributed by atoms with Crippen molar-refractivity contribution in [3.05, 3.63) is 36.1 Å². The Morgan fingerprint density at radius 3 is 2.50 bits per heavy atom. The molecule has 0 saturated heterocycles. The van der Waals surface area contributed by atoms with Gasteiger partial charge in [-0.1, -0.05) is 25.7 Å². The highest BCUT2D eigenvalue weighted by Gasteiger charge is 2.19. The molecule has 0 bridgehead atoms. The number of carbonyl (C=O) groups is 1. The Balaban J connectivity index is 5.14. The van der Waals surface area contributed by atoms with Crippen LogP contribution in [0.4, 0.5) is 0 Å². The molecule has 2 N–H and O–H groups in total. The fourth-order valence-electron chi connectivity index (χ4n) is 1.78. The lowest BCUT2D eigenvalue weighted by molar-refractivity contribution is -0.128. The fourth-order valence-corrected chi connectivity index (χ4v) is 1.78. The predicted octanol–water partition coefficient (Wildman–Crippen LogP) is 2.65. The van der Waals surface area contributed by atoms with E-state index in [9.17, 15) is 4.79 Å². The lowest BCUT2D eigenvalue weighted by atomic mass is 10.2. The van der Waals surface area contributed by atoms with Crippen molar-refractivity contribution in [1.29, 1.82) is 0 Å². The van der Waals surface area contributed by atoms with E-state index >= 15 is 0 Å². The molecule has 0 heterocycles. The Hall–Kier alpha value is -1.88. The highest BCUT2D eigenvalue weighted by atomic mass is 16.5. The minimum absolute atomic E-state index is 0.0263. The molecule has 5 heteroatoms. The summed E-state index contributed by atoms with van der Waals surface area (Å²) in [5.41, 5.74) is 6.63. The summed E-state index contributed by atoms with van der Waals surface area (Å²) in [6.45, 7) is 12.1. The first kappa shape index (κ1) is 20.1. The highest BCUT2D eigenvalue weighted by Crippen LogP contribution is 2.06. The van der Waals surface area contributed by atoms with Gasteiger partial charge >= 0.3 is 0 Å². The number of aliphatic imine (C=N–C) groups is 1. The maximum absolute atomic E-state index is 12.1. The van der Waals surface area contributed by atoms with Crippen LogP contribution in [0, 0.1) is 0 Å². The lowest BCUT2D eigenvalue weighted by Crippen LogP contribution is -2.45. The summed E-state index contributed by atoms with van der Waals surface area (Å²) < 4.78 is 5.08. The van der Waals surface area contributed by atoms with Crippen molar-refractivity contribution in [2.75, 3.05) is 20.2 Å². The summed E-state index contributed by atoms with van der Waals surface area (Å²) in [6.07, 6.45) is 5.94. The van der Waals surface area contributed by atoms with Crippen LogP contribution < -0.4 is 5.73 Å². The SMILES string of the molecule is C=C/C(=C\C=C(/C)OC)C/N=C(/C)N(C(=O)CC)C(C)CN. The van der Waals surface area contributed by atoms with E-state index in [0.717, 1.165) is 11.3 Å². The van der Waals surface area contributed by atoms with Crippen LogP contribution in [-0.2, 0) is 9.53 Å². The van der Waals surface area contributed by atoms with Gasteiger partial charge in [0, 0.05) is 19.0 Å². The van der Waals surface area contributed by atoms with Crippen molar-refractivity contribution in [3.63, 3.8) is 0 Å². The zero-order chi connectivity index (χ0) is 17.1. The Morgan fingerprint density at radius 2 is 2.05 bits per heavy atom. The molecule has 0 spiro atoms. The van der Waals surface area contributed by atoms with E-state index in [1.165, 1.54) is 0 Å². The van der Waals surface area contributed by atoms with E-state index in [-0.39, 0.29) is 11.9 Å². The Kier molecular flexibility index (Phi) is 9.87. The third-order valence-electron chi connectivity index (χ3n) is 3.31. The second-order valence-corrected chi connectivity index (χ2v) is 4.99. The number of rotatable bonds is 8. The van der Waals surface area contributed by atoms with E-state index in [2.05, 4.69) is 11.6 Å². The van der Waals surface area contributed by atoms with Crippen LogP contribution >= 0.6 is 0 Å². The lowest BCUT2D eigenvalue weighted by Gasteiger charge is -2.27. The molecule has 0 radical (unpaired) electrons. The van der Waals surface area contributed by atoms with Crippen molar-refractivity contribution < 1.29 is 9.53 Å². The minimum atomic E-state index is -0.0667. The summed E-state index contributed by atoms with van der Waals surface area (Å²) in [4.78, 5) is 18.2. The van der Waals surface area contributed by atoms with Gasteiger partial charge in [-0.2, -0.15) is 0 Å². The molecule has 0 aromatic heterocycles. The first-order chi connectivity index (χ1) is 10.4. The normalized spacial score (nSPS) is 14.5. The molecule has 0 fully saturated rings. The van der Waals surface area contributed by atoms with Gasteiger partial charge in [0.15, 0.2) is 0 Å². The first-order valence-corrected chi connectivity index (χ1v) is 7.48. The maximum atomic E-state index is 12.1. The molecule has 0 saturated carbocycles. The van der Waals surface area contributed by atoms with Crippen molar-refractivity contribution >= 4 is 11.7 Å². The fraction of sp³-hybridized carbons (Fsp3) is 0.529. The van der Waals surface area contributed by atoms with Crippen LogP contribution in [0.3, 0.4) is 0 Å². The van der Waals surface area contributed by atoms with E-state index in [4.69, 9.17) is 10.5 Å². The van der Waals surface area contributed by atoms with E-state index < -0.39 is 0 Å². The summed E-state index contributed by atoms with van der Waals surface area (Å²) in [5.74, 6) is 1.50. The van der Waals surface area contributed by atoms with Crippen LogP contribution in [0.2, 0.25) is 0 Å². The number of hydrogen-bond donors (Lipinski definition) is 1. The second kappa shape index (κ2) is 10.8. The second-order valence-electron chi connectivity index (χ2n) is 4.99. The Bertz CT molecular complexity index is 465. The van der Waals surface area contributed by atoms with Gasteiger partial charge in [0.1, 0.15) is 5.84 Å². The van der Waals surface area contributed by atoms with Gasteiger partial charge in [-0.15, -0.1) is 0 Å². The van der Waals surface area contributed by atoms with Gasteiger partial charge in [0.2, 0.25) is 5.91 Å². The standard InChI is InChI=1S/C17H29N3O2/c1-7-16(10-9-14(4)22-6)12-19-15(5)20(13(3)11-18)17(21)8-2/h7,9-10,13H,1,8,11-12,18H2,2-6H3/b14-9+,16-10+,19-15-. The zero-order valence-corrected chi connectivity index (χ0v) is 14.4. The summed E-state index contributed by atoms with van der Waals surface area (Å²) in [5, 5.41) is 0. The van der Waals surface area contributed by atoms with E-state index in [1.54, 1.807) is 18.1 Å². The van der Waals surface area contributed by atoms with Crippen molar-refractivity contribution in [2.24, 2.45) is 10.7 Å². The van der Waals surface area contributed by atoms with Crippen LogP contribution in [0.15, 0.2) is 41.1 Å². The number of amides is 1. The molecule has 0 rings (SSSR count). The molecule has 0 aromatic rings. The van der Waals surface area contributed by atoms with Gasteiger partial charge in [-0.3, -0.25) is 14.7 Å². The Labute approximate surface area is 134 Å². The van der Waals surface area contributed by atoms with Crippen molar-refractivity contribution in [3.8, 4) is 0 Å². The minimum Gasteiger partial charge on any atom is -0.501 e. The number of ether oxygens (including phenoxy) is 1. The molecule has 0 aromatic carbocycles. The topological polar surface area (TPSA) is 67.9 Å². The molecule has 0 aliphatic heterocycles. The number of nitrogens with two attached hydrogens (primary N) is 1. The zero-order valence-electron chi connectivity index (χ0n) is 14.4. The molecule has 0 aliphatic carbocycles. The van der Waals surface area contributed by atoms with Crippen LogP contribution in [0.5, 0.6) is 0 Å². The van der Waals surface area contributed by atoms with E-state index in [0.29, 0.717) is 25.3 Å². The summed E-state index contributed by atoms with van der Waals surface area (Å²) >= 11 is 0. The summed E-state index contributed by atoms with van der Waals surface area (Å²) in [6, 6.07) is -0.0667. The number of amidine groups is 1. The largest absolute Gasteiger partial charge is 0.501 e. The number of nitrogens with zero attached hydrogens (tertiary/aromatic N) is 2. The third-order valence-corrected chi connectivity index (χ3v) is 3.31. The smallest absolute Gasteiger partial charge is 0.227 e. The Morgan fingerprint density at radius 1 is 1.41 bits per heavy atom. The number of methoxy groups -OCH3 is 1. The molecule has 0 aliphatic rings. The molecule has 5 nitrogen and oxygen atoms in total. The van der Waals surface area contributed by atoms with Crippen LogP contribution in [-0.4, -0.2) is 42.9 Å². The summed E-state index contributed by atoms with van der Waals surface area (Å²) in [7, 11) is 1.62. The van der Waals surface area contributed by atoms with Gasteiger partial charge in [-0.25, -0.2) is 0 Å². The molecule has 124 valence electrons. The van der Waals surface area contributed by atoms with Crippen molar-refractivity contribution in [2.45, 2.75) is 40.2 Å². The molecular weight excluding hydrogens is 278 g/mol. The number of allylic oxidation sites excluding steroid dienone is 3. The molecule has 1 unspecified atom stereocenters. The highest BCUT2D eigenvalue weighted by molar-refractivity contribution is 5.97. The molecular formula is C17H29N3O2. The average Bonchev–Trinajstić information content (AvgIpc) is 2.54. The predicted molar refractivity (Wildman–Crippen MR) is 92.7 cm³/mol. The van der Waals surface area contributed by atoms with Gasteiger partial charge in [-0.05, 0) is 32.4 Å². The first-order valence-electron chi connectivity index (χ1n) is 7.48. The third kappa shape index (κ3) is 6.72. The molecule has 1 amide bonds. The van der Waals surface area contributed by atoms with Crippen LogP contribution in [0.1, 0.15) is 34.1 Å². The monoisotopic (exact) mass is 307 g/mol. The van der Waals surface area contributed by atoms with Gasteiger partial charge in [0.25, 0.3) is 0 Å². The molecule has 1 atom stereocenters. The quantitative estimate of drug-likeness (QED) is 0.324.